The highest BCUT2D eigenvalue weighted by Crippen LogP contribution is 2.17. The van der Waals surface area contributed by atoms with Gasteiger partial charge in [-0.1, -0.05) is 6.07 Å². The summed E-state index contributed by atoms with van der Waals surface area (Å²) in [5.41, 5.74) is 2.08. The van der Waals surface area contributed by atoms with E-state index in [9.17, 15) is 14.0 Å². The van der Waals surface area contributed by atoms with Gasteiger partial charge in [0.15, 0.2) is 0 Å². The largest absolute Gasteiger partial charge is 0.359 e. The highest BCUT2D eigenvalue weighted by Gasteiger charge is 2.10. The maximum Gasteiger partial charge on any atom is 0.274 e. The van der Waals surface area contributed by atoms with Crippen LogP contribution in [0, 0.1) is 12.7 Å². The number of hydrogen-bond acceptors (Lipinski definition) is 3. The van der Waals surface area contributed by atoms with Gasteiger partial charge in [0.1, 0.15) is 11.5 Å². The normalized spacial score (nSPS) is 10.2. The maximum absolute atomic E-state index is 13.8. The van der Waals surface area contributed by atoms with Crippen molar-refractivity contribution in [2.75, 3.05) is 12.4 Å². The van der Waals surface area contributed by atoms with Gasteiger partial charge in [0.05, 0.1) is 0 Å². The van der Waals surface area contributed by atoms with E-state index in [0.717, 1.165) is 5.56 Å². The molecule has 5 nitrogen and oxygen atoms in total. The Morgan fingerprint density at radius 3 is 2.65 bits per heavy atom. The molecule has 1 aromatic heterocycles. The molecule has 2 amide bonds. The van der Waals surface area contributed by atoms with Crippen LogP contribution in [0.25, 0.3) is 0 Å². The van der Waals surface area contributed by atoms with Crippen molar-refractivity contribution < 1.29 is 14.0 Å². The van der Waals surface area contributed by atoms with Crippen LogP contribution in [0.5, 0.6) is 0 Å². The summed E-state index contributed by atoms with van der Waals surface area (Å²) < 4.78 is 13.8. The Morgan fingerprint density at radius 2 is 2.00 bits per heavy atom. The molecule has 2 rings (SSSR count). The highest BCUT2D eigenvalue weighted by molar-refractivity contribution is 6.02. The molecular weight excluding hydrogens is 297 g/mol. The highest BCUT2D eigenvalue weighted by atomic mass is 19.1. The van der Waals surface area contributed by atoms with Gasteiger partial charge in [-0.05, 0) is 48.7 Å². The van der Waals surface area contributed by atoms with Crippen molar-refractivity contribution >= 4 is 17.5 Å². The predicted molar refractivity (Wildman–Crippen MR) is 85.7 cm³/mol. The molecule has 1 heterocycles. The van der Waals surface area contributed by atoms with E-state index in [-0.39, 0.29) is 30.3 Å². The minimum Gasteiger partial charge on any atom is -0.359 e. The number of aryl methyl sites for hydroxylation is 2. The minimum absolute atomic E-state index is 0.164. The van der Waals surface area contributed by atoms with Crippen molar-refractivity contribution in [2.24, 2.45) is 0 Å². The maximum atomic E-state index is 13.8. The van der Waals surface area contributed by atoms with Gasteiger partial charge in [0.25, 0.3) is 5.91 Å². The third-order valence-electron chi connectivity index (χ3n) is 3.35. The molecule has 120 valence electrons. The van der Waals surface area contributed by atoms with Crippen molar-refractivity contribution in [2.45, 2.75) is 19.8 Å². The Morgan fingerprint density at radius 1 is 1.22 bits per heavy atom. The van der Waals surface area contributed by atoms with Crippen molar-refractivity contribution in [3.05, 3.63) is 59.2 Å². The van der Waals surface area contributed by atoms with Gasteiger partial charge in [-0.3, -0.25) is 14.6 Å². The number of amides is 2. The van der Waals surface area contributed by atoms with Crippen LogP contribution in [0.1, 0.15) is 28.0 Å². The third-order valence-corrected chi connectivity index (χ3v) is 3.35. The topological polar surface area (TPSA) is 71.1 Å². The molecule has 0 saturated carbocycles. The molecule has 0 saturated heterocycles. The second-order valence-electron chi connectivity index (χ2n) is 5.15. The van der Waals surface area contributed by atoms with Crippen LogP contribution in [0.15, 0.2) is 36.5 Å². The van der Waals surface area contributed by atoms with Crippen molar-refractivity contribution in [1.29, 1.82) is 0 Å². The summed E-state index contributed by atoms with van der Waals surface area (Å²) in [5, 5.41) is 5.17. The number of hydrogen-bond donors (Lipinski definition) is 2. The van der Waals surface area contributed by atoms with Gasteiger partial charge in [-0.2, -0.15) is 0 Å². The van der Waals surface area contributed by atoms with Crippen LogP contribution in [0.4, 0.5) is 10.1 Å². The Kier molecular flexibility index (Phi) is 5.41. The number of aromatic nitrogens is 1. The molecule has 2 aromatic rings. The lowest BCUT2D eigenvalue weighted by Crippen LogP contribution is -2.18. The van der Waals surface area contributed by atoms with Crippen LogP contribution >= 0.6 is 0 Å². The summed E-state index contributed by atoms with van der Waals surface area (Å²) in [6.45, 7) is 1.88. The van der Waals surface area contributed by atoms with E-state index in [2.05, 4.69) is 15.6 Å². The molecule has 0 bridgehead atoms. The van der Waals surface area contributed by atoms with Crippen LogP contribution in [0.3, 0.4) is 0 Å². The second kappa shape index (κ2) is 7.49. The molecule has 2 N–H and O–H groups in total. The minimum atomic E-state index is -0.402. The molecule has 23 heavy (non-hydrogen) atoms. The first-order valence-electron chi connectivity index (χ1n) is 7.22. The van der Waals surface area contributed by atoms with E-state index in [4.69, 9.17) is 0 Å². The van der Waals surface area contributed by atoms with Crippen LogP contribution in [-0.4, -0.2) is 23.8 Å². The predicted octanol–water partition coefficient (Wildman–Crippen LogP) is 2.46. The average Bonchev–Trinajstić information content (AvgIpc) is 2.55. The molecule has 0 spiro atoms. The number of nitrogens with one attached hydrogen (secondary N) is 2. The second-order valence-corrected chi connectivity index (χ2v) is 5.15. The Balaban J connectivity index is 2.09. The number of rotatable bonds is 5. The van der Waals surface area contributed by atoms with Gasteiger partial charge in [0, 0.05) is 25.4 Å². The molecule has 0 unspecified atom stereocenters. The number of benzene rings is 1. The van der Waals surface area contributed by atoms with Crippen LogP contribution in [0.2, 0.25) is 0 Å². The molecular formula is C17H18FN3O2. The number of halogens is 1. The lowest BCUT2D eigenvalue weighted by Gasteiger charge is -2.08. The average molecular weight is 315 g/mol. The third kappa shape index (κ3) is 4.60. The number of anilines is 1. The zero-order valence-electron chi connectivity index (χ0n) is 13.0. The first-order chi connectivity index (χ1) is 11.0. The van der Waals surface area contributed by atoms with Crippen LogP contribution in [-0.2, 0) is 11.2 Å². The Bertz CT molecular complexity index is 714. The number of carbonyl (C=O) groups is 2. The summed E-state index contributed by atoms with van der Waals surface area (Å²) in [4.78, 5) is 27.4. The van der Waals surface area contributed by atoms with E-state index in [1.807, 2.05) is 6.92 Å². The lowest BCUT2D eigenvalue weighted by atomic mass is 10.1. The van der Waals surface area contributed by atoms with Crippen molar-refractivity contribution in [3.8, 4) is 0 Å². The zero-order chi connectivity index (χ0) is 16.8. The Hall–Kier alpha value is -2.76. The number of nitrogens with zero attached hydrogens (tertiary/aromatic N) is 1. The quantitative estimate of drug-likeness (QED) is 0.890. The smallest absolute Gasteiger partial charge is 0.274 e. The Labute approximate surface area is 133 Å². The van der Waals surface area contributed by atoms with E-state index < -0.39 is 5.82 Å². The molecule has 6 heteroatoms. The molecule has 1 aromatic carbocycles. The first-order valence-corrected chi connectivity index (χ1v) is 7.22. The van der Waals surface area contributed by atoms with Gasteiger partial charge in [-0.15, -0.1) is 0 Å². The summed E-state index contributed by atoms with van der Waals surface area (Å²) in [7, 11) is 1.53. The molecule has 0 atom stereocenters. The molecule has 0 aliphatic rings. The molecule has 0 aliphatic carbocycles. The van der Waals surface area contributed by atoms with Crippen molar-refractivity contribution in [3.63, 3.8) is 0 Å². The summed E-state index contributed by atoms with van der Waals surface area (Å²) in [6.07, 6.45) is 2.05. The SMILES string of the molecule is CNC(=O)CCc1cc(NC(=O)c2ccc(C)cn2)ccc1F. The number of carbonyl (C=O) groups excluding carboxylic acids is 2. The first kappa shape index (κ1) is 16.6. The lowest BCUT2D eigenvalue weighted by molar-refractivity contribution is -0.120. The van der Waals surface area contributed by atoms with Gasteiger partial charge in [0.2, 0.25) is 5.91 Å². The molecule has 0 aliphatic heterocycles. The van der Waals surface area contributed by atoms with E-state index in [1.54, 1.807) is 18.3 Å². The summed E-state index contributed by atoms with van der Waals surface area (Å²) in [6, 6.07) is 7.70. The molecule has 0 radical (unpaired) electrons. The van der Waals surface area contributed by atoms with Crippen LogP contribution < -0.4 is 10.6 Å². The van der Waals surface area contributed by atoms with E-state index in [0.29, 0.717) is 11.3 Å². The summed E-state index contributed by atoms with van der Waals surface area (Å²) >= 11 is 0. The van der Waals surface area contributed by atoms with Gasteiger partial charge < -0.3 is 10.6 Å². The summed E-state index contributed by atoms with van der Waals surface area (Å²) in [5.74, 6) is -0.933. The van der Waals surface area contributed by atoms with Crippen molar-refractivity contribution in [1.82, 2.24) is 10.3 Å². The van der Waals surface area contributed by atoms with E-state index in [1.165, 1.54) is 25.2 Å². The fourth-order valence-electron chi connectivity index (χ4n) is 2.01. The zero-order valence-corrected chi connectivity index (χ0v) is 13.0. The fraction of sp³-hybridized carbons (Fsp3) is 0.235. The monoisotopic (exact) mass is 315 g/mol. The number of pyridine rings is 1. The fourth-order valence-corrected chi connectivity index (χ4v) is 2.01. The molecule has 0 fully saturated rings. The van der Waals surface area contributed by atoms with Gasteiger partial charge in [-0.25, -0.2) is 4.39 Å². The standard InChI is InChI=1S/C17H18FN3O2/c1-11-3-7-15(20-10-11)17(23)21-13-5-6-14(18)12(9-13)4-8-16(22)19-2/h3,5-7,9-10H,4,8H2,1-2H3,(H,19,22)(H,21,23). The van der Waals surface area contributed by atoms with E-state index >= 15 is 0 Å². The van der Waals surface area contributed by atoms with Gasteiger partial charge >= 0.3 is 0 Å².